The van der Waals surface area contributed by atoms with Crippen molar-refractivity contribution < 1.29 is 17.9 Å². The lowest BCUT2D eigenvalue weighted by Crippen LogP contribution is -2.49. The monoisotopic (exact) mass is 484 g/mol. The molecule has 8 heteroatoms. The highest BCUT2D eigenvalue weighted by molar-refractivity contribution is 5.61. The molecule has 5 rings (SSSR count). The zero-order valence-corrected chi connectivity index (χ0v) is 19.9. The number of fused-ring (bicyclic) bond motifs is 1. The zero-order chi connectivity index (χ0) is 24.4. The first kappa shape index (κ1) is 23.9. The first-order valence-electron chi connectivity index (χ1n) is 12.1. The van der Waals surface area contributed by atoms with E-state index in [1.807, 2.05) is 41.3 Å². The quantitative estimate of drug-likeness (QED) is 0.466. The van der Waals surface area contributed by atoms with Crippen LogP contribution in [0.1, 0.15) is 29.7 Å². The van der Waals surface area contributed by atoms with Crippen molar-refractivity contribution in [1.82, 2.24) is 20.0 Å². The molecule has 2 aliphatic rings. The Kier molecular flexibility index (Phi) is 6.84. The summed E-state index contributed by atoms with van der Waals surface area (Å²) in [5.41, 5.74) is 5.16. The smallest absolute Gasteiger partial charge is 0.257 e. The van der Waals surface area contributed by atoms with Crippen LogP contribution in [0.15, 0.2) is 54.7 Å². The molecule has 5 nitrogen and oxygen atoms in total. The minimum atomic E-state index is -2.79. The predicted molar refractivity (Wildman–Crippen MR) is 130 cm³/mol. The van der Waals surface area contributed by atoms with Crippen molar-refractivity contribution in [2.24, 2.45) is 5.92 Å². The van der Waals surface area contributed by atoms with Gasteiger partial charge in [-0.1, -0.05) is 24.3 Å². The maximum absolute atomic E-state index is 14.1. The number of ether oxygens (including phenoxy) is 1. The van der Waals surface area contributed by atoms with Gasteiger partial charge in [-0.3, -0.25) is 19.3 Å². The molecule has 1 saturated heterocycles. The molecule has 3 aromatic rings. The van der Waals surface area contributed by atoms with Gasteiger partial charge in [0.05, 0.1) is 25.0 Å². The van der Waals surface area contributed by atoms with E-state index in [9.17, 15) is 13.2 Å². The molecule has 0 saturated carbocycles. The molecule has 3 heterocycles. The average Bonchev–Trinajstić information content (AvgIpc) is 3.35. The highest BCUT2D eigenvalue weighted by Crippen LogP contribution is 2.38. The fourth-order valence-corrected chi connectivity index (χ4v) is 5.18. The Morgan fingerprint density at radius 3 is 2.60 bits per heavy atom. The zero-order valence-electron chi connectivity index (χ0n) is 19.9. The number of alkyl halides is 3. The number of aromatic nitrogens is 2. The number of rotatable bonds is 9. The number of hydrogen-bond donors (Lipinski definition) is 1. The summed E-state index contributed by atoms with van der Waals surface area (Å²) in [7, 11) is 0. The van der Waals surface area contributed by atoms with E-state index in [1.165, 1.54) is 5.56 Å². The summed E-state index contributed by atoms with van der Waals surface area (Å²) in [6, 6.07) is 15.6. The molecule has 2 aromatic carbocycles. The van der Waals surface area contributed by atoms with Crippen molar-refractivity contribution in [2.75, 3.05) is 46.0 Å². The number of benzene rings is 2. The second kappa shape index (κ2) is 10.0. The second-order valence-corrected chi connectivity index (χ2v) is 9.77. The number of aromatic amines is 1. The van der Waals surface area contributed by atoms with Crippen LogP contribution in [0, 0.1) is 5.92 Å². The van der Waals surface area contributed by atoms with E-state index in [2.05, 4.69) is 27.2 Å². The third-order valence-electron chi connectivity index (χ3n) is 6.89. The van der Waals surface area contributed by atoms with Crippen molar-refractivity contribution in [3.8, 4) is 17.0 Å². The van der Waals surface area contributed by atoms with Gasteiger partial charge in [0.1, 0.15) is 12.4 Å². The SMILES string of the molecule is CC(F)(F)CN1CCc2cc(-c3ccn[nH]3)ccc2[C@H]1c1ccc(OCCN2CC(CF)C2)cc1. The molecule has 0 unspecified atom stereocenters. The van der Waals surface area contributed by atoms with Gasteiger partial charge in [0, 0.05) is 45.2 Å². The second-order valence-electron chi connectivity index (χ2n) is 9.77. The van der Waals surface area contributed by atoms with E-state index in [-0.39, 0.29) is 25.2 Å². The molecule has 1 N–H and O–H groups in total. The summed E-state index contributed by atoms with van der Waals surface area (Å²) in [6.45, 7) is 3.87. The van der Waals surface area contributed by atoms with E-state index >= 15 is 0 Å². The summed E-state index contributed by atoms with van der Waals surface area (Å²) >= 11 is 0. The van der Waals surface area contributed by atoms with Crippen molar-refractivity contribution in [3.05, 3.63) is 71.4 Å². The largest absolute Gasteiger partial charge is 0.492 e. The highest BCUT2D eigenvalue weighted by Gasteiger charge is 2.35. The molecule has 2 aliphatic heterocycles. The van der Waals surface area contributed by atoms with Crippen LogP contribution in [0.4, 0.5) is 13.2 Å². The van der Waals surface area contributed by atoms with Crippen LogP contribution in [0.25, 0.3) is 11.3 Å². The minimum Gasteiger partial charge on any atom is -0.492 e. The fourth-order valence-electron chi connectivity index (χ4n) is 5.18. The Morgan fingerprint density at radius 2 is 1.91 bits per heavy atom. The van der Waals surface area contributed by atoms with Crippen molar-refractivity contribution >= 4 is 0 Å². The van der Waals surface area contributed by atoms with Gasteiger partial charge in [0.15, 0.2) is 0 Å². The summed E-state index contributed by atoms with van der Waals surface area (Å²) in [4.78, 5) is 4.05. The van der Waals surface area contributed by atoms with Gasteiger partial charge in [0.2, 0.25) is 0 Å². The highest BCUT2D eigenvalue weighted by atomic mass is 19.3. The Morgan fingerprint density at radius 1 is 1.11 bits per heavy atom. The molecule has 0 radical (unpaired) electrons. The molecular formula is C27H31F3N4O. The van der Waals surface area contributed by atoms with Gasteiger partial charge in [-0.15, -0.1) is 0 Å². The number of hydrogen-bond acceptors (Lipinski definition) is 4. The van der Waals surface area contributed by atoms with Crippen LogP contribution >= 0.6 is 0 Å². The third-order valence-corrected chi connectivity index (χ3v) is 6.89. The van der Waals surface area contributed by atoms with Gasteiger partial charge in [-0.25, -0.2) is 8.78 Å². The first-order valence-corrected chi connectivity index (χ1v) is 12.1. The van der Waals surface area contributed by atoms with E-state index < -0.39 is 5.92 Å². The Bertz CT molecular complexity index is 1110. The van der Waals surface area contributed by atoms with Crippen LogP contribution in [0.5, 0.6) is 5.75 Å². The van der Waals surface area contributed by atoms with E-state index in [0.29, 0.717) is 19.6 Å². The Balaban J connectivity index is 1.33. The summed E-state index contributed by atoms with van der Waals surface area (Å²) < 4.78 is 46.6. The molecule has 0 aliphatic carbocycles. The maximum Gasteiger partial charge on any atom is 0.257 e. The maximum atomic E-state index is 14.1. The lowest BCUT2D eigenvalue weighted by atomic mass is 9.86. The standard InChI is InChI=1S/C27H31F3N4O/c1-27(29,30)18-34-11-9-21-14-22(25-8-10-31-32-25)4-7-24(21)26(34)20-2-5-23(6-3-20)35-13-12-33-16-19(15-28)17-33/h2-8,10,14,19,26H,9,11-13,15-18H2,1H3,(H,31,32)/t26-/m1/s1. The lowest BCUT2D eigenvalue weighted by Gasteiger charge is -2.39. The topological polar surface area (TPSA) is 44.4 Å². The number of halogens is 3. The van der Waals surface area contributed by atoms with Gasteiger partial charge in [-0.2, -0.15) is 5.10 Å². The number of likely N-dealkylation sites (tertiary alicyclic amines) is 1. The Labute approximate surface area is 203 Å². The summed E-state index contributed by atoms with van der Waals surface area (Å²) in [5, 5.41) is 7.03. The van der Waals surface area contributed by atoms with Gasteiger partial charge >= 0.3 is 0 Å². The summed E-state index contributed by atoms with van der Waals surface area (Å²) in [5.74, 6) is -1.87. The molecule has 1 fully saturated rings. The Hall–Kier alpha value is -2.84. The summed E-state index contributed by atoms with van der Waals surface area (Å²) in [6.07, 6.45) is 2.43. The van der Waals surface area contributed by atoms with Crippen LogP contribution < -0.4 is 4.74 Å². The van der Waals surface area contributed by atoms with Crippen molar-refractivity contribution in [3.63, 3.8) is 0 Å². The van der Waals surface area contributed by atoms with Gasteiger partial charge < -0.3 is 4.74 Å². The molecule has 1 aromatic heterocycles. The van der Waals surface area contributed by atoms with Crippen LogP contribution in [0.3, 0.4) is 0 Å². The molecule has 0 spiro atoms. The number of nitrogens with one attached hydrogen (secondary N) is 1. The fraction of sp³-hybridized carbons (Fsp3) is 0.444. The molecular weight excluding hydrogens is 453 g/mol. The first-order chi connectivity index (χ1) is 16.9. The van der Waals surface area contributed by atoms with Crippen LogP contribution in [-0.2, 0) is 6.42 Å². The lowest BCUT2D eigenvalue weighted by molar-refractivity contribution is -0.0238. The van der Waals surface area contributed by atoms with E-state index in [1.54, 1.807) is 6.20 Å². The van der Waals surface area contributed by atoms with E-state index in [4.69, 9.17) is 4.74 Å². The van der Waals surface area contributed by atoms with Crippen LogP contribution in [0.2, 0.25) is 0 Å². The molecule has 0 bridgehead atoms. The minimum absolute atomic E-state index is 0.168. The molecule has 186 valence electrons. The van der Waals surface area contributed by atoms with Gasteiger partial charge in [0.25, 0.3) is 5.92 Å². The average molecular weight is 485 g/mol. The molecule has 35 heavy (non-hydrogen) atoms. The predicted octanol–water partition coefficient (Wildman–Crippen LogP) is 4.96. The molecule has 1 atom stereocenters. The van der Waals surface area contributed by atoms with Crippen molar-refractivity contribution in [2.45, 2.75) is 25.3 Å². The third kappa shape index (κ3) is 5.54. The van der Waals surface area contributed by atoms with E-state index in [0.717, 1.165) is 54.7 Å². The number of H-pyrrole nitrogens is 1. The normalized spacial score (nSPS) is 19.4. The number of nitrogens with zero attached hydrogens (tertiary/aromatic N) is 3. The van der Waals surface area contributed by atoms with Crippen molar-refractivity contribution in [1.29, 1.82) is 0 Å². The molecule has 0 amide bonds. The van der Waals surface area contributed by atoms with Crippen LogP contribution in [-0.4, -0.2) is 71.9 Å². The van der Waals surface area contributed by atoms with Gasteiger partial charge in [-0.05, 0) is 52.9 Å².